The Balaban J connectivity index is 1.43. The molecule has 0 fully saturated rings. The molecule has 0 unspecified atom stereocenters. The highest BCUT2D eigenvalue weighted by Gasteiger charge is 2.17. The van der Waals surface area contributed by atoms with Crippen molar-refractivity contribution in [3.8, 4) is 5.69 Å². The van der Waals surface area contributed by atoms with Crippen molar-refractivity contribution in [1.29, 1.82) is 0 Å². The van der Waals surface area contributed by atoms with Crippen LogP contribution in [0, 0.1) is 12.7 Å². The number of halogens is 1. The molecule has 4 rings (SSSR count). The Morgan fingerprint density at radius 2 is 1.71 bits per heavy atom. The number of nitrogens with one attached hydrogen (secondary N) is 3. The highest BCUT2D eigenvalue weighted by molar-refractivity contribution is 6.02. The highest BCUT2D eigenvalue weighted by atomic mass is 19.1. The third kappa shape index (κ3) is 5.18. The number of para-hydroxylation sites is 1. The van der Waals surface area contributed by atoms with Crippen LogP contribution in [0.1, 0.15) is 21.9 Å². The summed E-state index contributed by atoms with van der Waals surface area (Å²) in [5, 5.41) is 12.0. The van der Waals surface area contributed by atoms with E-state index in [1.165, 1.54) is 35.2 Å². The van der Waals surface area contributed by atoms with Crippen molar-refractivity contribution < 1.29 is 18.4 Å². The summed E-state index contributed by atoms with van der Waals surface area (Å²) in [5.41, 5.74) is 0.403. The fourth-order valence-corrected chi connectivity index (χ4v) is 3.16. The minimum Gasteiger partial charge on any atom is -0.467 e. The number of nitrogens with zero attached hydrogens (tertiary/aromatic N) is 2. The zero-order valence-corrected chi connectivity index (χ0v) is 18.0. The van der Waals surface area contributed by atoms with Crippen LogP contribution in [0.2, 0.25) is 0 Å². The monoisotopic (exact) mass is 461 g/mol. The molecule has 0 saturated carbocycles. The third-order valence-electron chi connectivity index (χ3n) is 4.81. The van der Waals surface area contributed by atoms with Gasteiger partial charge in [0.1, 0.15) is 17.3 Å². The number of hydrogen-bond donors (Lipinski definition) is 3. The van der Waals surface area contributed by atoms with Gasteiger partial charge in [-0.1, -0.05) is 12.1 Å². The van der Waals surface area contributed by atoms with Gasteiger partial charge in [0.05, 0.1) is 12.8 Å². The molecule has 0 aliphatic carbocycles. The number of furan rings is 1. The molecular formula is C24H20FN5O4. The van der Waals surface area contributed by atoms with E-state index >= 15 is 0 Å². The maximum atomic E-state index is 14.2. The van der Waals surface area contributed by atoms with Crippen molar-refractivity contribution in [1.82, 2.24) is 15.1 Å². The molecule has 2 aromatic carbocycles. The summed E-state index contributed by atoms with van der Waals surface area (Å²) < 4.78 is 20.6. The van der Waals surface area contributed by atoms with E-state index in [0.717, 1.165) is 0 Å². The summed E-state index contributed by atoms with van der Waals surface area (Å²) in [7, 11) is 0. The lowest BCUT2D eigenvalue weighted by Gasteiger charge is -2.12. The highest BCUT2D eigenvalue weighted by Crippen LogP contribution is 2.16. The fourth-order valence-electron chi connectivity index (χ4n) is 3.16. The molecule has 2 aromatic heterocycles. The average molecular weight is 461 g/mol. The Hall–Kier alpha value is -4.73. The lowest BCUT2D eigenvalue weighted by Crippen LogP contribution is -2.28. The van der Waals surface area contributed by atoms with E-state index < -0.39 is 23.2 Å². The van der Waals surface area contributed by atoms with E-state index in [1.54, 1.807) is 49.4 Å². The Bertz CT molecular complexity index is 1380. The van der Waals surface area contributed by atoms with Gasteiger partial charge in [0, 0.05) is 23.1 Å². The summed E-state index contributed by atoms with van der Waals surface area (Å²) in [6.07, 6.45) is 1.52. The molecule has 4 aromatic rings. The van der Waals surface area contributed by atoms with Crippen LogP contribution in [0.15, 0.2) is 82.2 Å². The Morgan fingerprint density at radius 1 is 1.00 bits per heavy atom. The van der Waals surface area contributed by atoms with Crippen LogP contribution in [-0.2, 0) is 6.54 Å². The minimum absolute atomic E-state index is 0.120. The Morgan fingerprint density at radius 3 is 2.38 bits per heavy atom. The van der Waals surface area contributed by atoms with Gasteiger partial charge >= 0.3 is 6.03 Å². The Labute approximate surface area is 193 Å². The summed E-state index contributed by atoms with van der Waals surface area (Å²) >= 11 is 0. The van der Waals surface area contributed by atoms with Gasteiger partial charge in [0.2, 0.25) is 5.43 Å². The second-order valence-corrected chi connectivity index (χ2v) is 7.28. The van der Waals surface area contributed by atoms with E-state index in [-0.39, 0.29) is 17.9 Å². The van der Waals surface area contributed by atoms with Crippen molar-refractivity contribution >= 4 is 23.3 Å². The predicted octanol–water partition coefficient (Wildman–Crippen LogP) is 3.85. The molecule has 172 valence electrons. The van der Waals surface area contributed by atoms with E-state index in [4.69, 9.17) is 4.42 Å². The van der Waals surface area contributed by atoms with Crippen molar-refractivity contribution in [2.45, 2.75) is 13.5 Å². The van der Waals surface area contributed by atoms with Crippen LogP contribution < -0.4 is 21.4 Å². The van der Waals surface area contributed by atoms with Crippen LogP contribution in [0.3, 0.4) is 0 Å². The molecule has 2 heterocycles. The van der Waals surface area contributed by atoms with E-state index in [9.17, 15) is 18.8 Å². The summed E-state index contributed by atoms with van der Waals surface area (Å²) in [6.45, 7) is 1.83. The smallest absolute Gasteiger partial charge is 0.319 e. The van der Waals surface area contributed by atoms with E-state index in [2.05, 4.69) is 21.0 Å². The maximum Gasteiger partial charge on any atom is 0.319 e. The van der Waals surface area contributed by atoms with Crippen LogP contribution in [0.5, 0.6) is 0 Å². The second-order valence-electron chi connectivity index (χ2n) is 7.28. The lowest BCUT2D eigenvalue weighted by atomic mass is 10.2. The number of aryl methyl sites for hydroxylation is 1. The van der Waals surface area contributed by atoms with Crippen molar-refractivity contribution in [2.24, 2.45) is 0 Å². The first-order valence-electron chi connectivity index (χ1n) is 10.3. The van der Waals surface area contributed by atoms with Crippen LogP contribution in [0.25, 0.3) is 5.69 Å². The number of anilines is 2. The summed E-state index contributed by atoms with van der Waals surface area (Å²) in [4.78, 5) is 37.1. The minimum atomic E-state index is -0.744. The number of hydrogen-bond acceptors (Lipinski definition) is 5. The molecule has 9 nitrogen and oxygen atoms in total. The zero-order chi connectivity index (χ0) is 24.1. The average Bonchev–Trinajstić information content (AvgIpc) is 3.33. The summed E-state index contributed by atoms with van der Waals surface area (Å²) in [6, 6.07) is 16.5. The maximum absolute atomic E-state index is 14.2. The molecule has 0 radical (unpaired) electrons. The number of carbonyl (C=O) groups excluding carboxylic acids is 2. The Kier molecular flexibility index (Phi) is 6.49. The molecule has 3 N–H and O–H groups in total. The molecular weight excluding hydrogens is 441 g/mol. The number of benzene rings is 2. The zero-order valence-electron chi connectivity index (χ0n) is 18.0. The van der Waals surface area contributed by atoms with Crippen LogP contribution >= 0.6 is 0 Å². The normalized spacial score (nSPS) is 10.5. The van der Waals surface area contributed by atoms with Crippen molar-refractivity contribution in [3.05, 3.63) is 106 Å². The standard InChI is InChI=1S/C24H20FN5O4/c1-15-13-21(31)22(29-30(15)20-7-3-2-6-19(20)25)23(32)27-16-8-10-17(11-9-16)28-24(33)26-14-18-5-4-12-34-18/h2-13H,14H2,1H3,(H,27,32)(H2,26,28,33). The number of amides is 3. The predicted molar refractivity (Wildman–Crippen MR) is 123 cm³/mol. The third-order valence-corrected chi connectivity index (χ3v) is 4.81. The van der Waals surface area contributed by atoms with Gasteiger partial charge in [-0.15, -0.1) is 0 Å². The topological polar surface area (TPSA) is 118 Å². The van der Waals surface area contributed by atoms with Crippen molar-refractivity contribution in [3.63, 3.8) is 0 Å². The molecule has 0 spiro atoms. The summed E-state index contributed by atoms with van der Waals surface area (Å²) in [5.74, 6) is -0.664. The molecule has 0 saturated heterocycles. The van der Waals surface area contributed by atoms with E-state index in [1.807, 2.05) is 0 Å². The van der Waals surface area contributed by atoms with Crippen LogP contribution in [-0.4, -0.2) is 21.7 Å². The van der Waals surface area contributed by atoms with Crippen molar-refractivity contribution in [2.75, 3.05) is 10.6 Å². The number of aromatic nitrogens is 2. The largest absolute Gasteiger partial charge is 0.467 e. The van der Waals surface area contributed by atoms with Gasteiger partial charge < -0.3 is 20.4 Å². The molecule has 0 aliphatic rings. The fraction of sp³-hybridized carbons (Fsp3) is 0.0833. The molecule has 3 amide bonds. The van der Waals surface area contributed by atoms with Gasteiger partial charge in [-0.2, -0.15) is 5.10 Å². The van der Waals surface area contributed by atoms with Gasteiger partial charge in [0.25, 0.3) is 5.91 Å². The molecule has 10 heteroatoms. The molecule has 0 aliphatic heterocycles. The quantitative estimate of drug-likeness (QED) is 0.403. The first-order valence-corrected chi connectivity index (χ1v) is 10.3. The van der Waals surface area contributed by atoms with Gasteiger partial charge in [-0.3, -0.25) is 9.59 Å². The van der Waals surface area contributed by atoms with Crippen LogP contribution in [0.4, 0.5) is 20.6 Å². The van der Waals surface area contributed by atoms with Gasteiger partial charge in [0.15, 0.2) is 5.69 Å². The molecule has 34 heavy (non-hydrogen) atoms. The first-order chi connectivity index (χ1) is 16.4. The second kappa shape index (κ2) is 9.82. The molecule has 0 atom stereocenters. The first kappa shape index (κ1) is 22.5. The number of rotatable bonds is 6. The lowest BCUT2D eigenvalue weighted by molar-refractivity contribution is 0.101. The van der Waals surface area contributed by atoms with E-state index in [0.29, 0.717) is 22.8 Å². The number of urea groups is 1. The molecule has 0 bridgehead atoms. The van der Waals surface area contributed by atoms with Gasteiger partial charge in [-0.25, -0.2) is 13.9 Å². The van der Waals surface area contributed by atoms with Gasteiger partial charge in [-0.05, 0) is 55.5 Å². The number of carbonyl (C=O) groups is 2. The SMILES string of the molecule is Cc1cc(=O)c(C(=O)Nc2ccc(NC(=O)NCc3ccco3)cc2)nn1-c1ccccc1F.